The Morgan fingerprint density at radius 3 is 2.85 bits per heavy atom. The smallest absolute Gasteiger partial charge is 0.411 e. The summed E-state index contributed by atoms with van der Waals surface area (Å²) in [4.78, 5) is 3.98. The average molecular weight is 296 g/mol. The van der Waals surface area contributed by atoms with Gasteiger partial charge in [0.05, 0.1) is 12.8 Å². The van der Waals surface area contributed by atoms with Crippen LogP contribution in [-0.4, -0.2) is 44.6 Å². The Kier molecular flexibility index (Phi) is 7.56. The van der Waals surface area contributed by atoms with Crippen LogP contribution in [0.5, 0.6) is 0 Å². The van der Waals surface area contributed by atoms with Crippen molar-refractivity contribution in [2.24, 2.45) is 0 Å². The predicted octanol–water partition coefficient (Wildman–Crippen LogP) is 1.92. The van der Waals surface area contributed by atoms with Crippen molar-refractivity contribution >= 4 is 0 Å². The van der Waals surface area contributed by atoms with Crippen molar-refractivity contribution in [1.29, 1.82) is 0 Å². The summed E-state index contributed by atoms with van der Waals surface area (Å²) in [6.45, 7) is 0.717. The molecule has 1 N–H and O–H groups in total. The van der Waals surface area contributed by atoms with Crippen molar-refractivity contribution in [2.45, 2.75) is 25.6 Å². The van der Waals surface area contributed by atoms with Gasteiger partial charge in [-0.15, -0.1) is 0 Å². The number of nitrogens with zero attached hydrogens (tertiary/aromatic N) is 1. The molecule has 1 aromatic heterocycles. The number of methoxy groups -OCH3 is 1. The summed E-state index contributed by atoms with van der Waals surface area (Å²) in [5.41, 5.74) is 0. The lowest BCUT2D eigenvalue weighted by molar-refractivity contribution is -0.177. The number of aromatic nitrogens is 1. The van der Waals surface area contributed by atoms with E-state index >= 15 is 0 Å². The van der Waals surface area contributed by atoms with E-state index in [0.29, 0.717) is 24.7 Å². The zero-order chi connectivity index (χ0) is 14.8. The molecular formula is C12H19F3N2O3. The molecular weight excluding hydrogens is 277 g/mol. The van der Waals surface area contributed by atoms with Gasteiger partial charge in [-0.25, -0.2) is 4.98 Å². The van der Waals surface area contributed by atoms with Crippen LogP contribution < -0.4 is 5.32 Å². The maximum absolute atomic E-state index is 11.9. The molecule has 0 bridgehead atoms. The summed E-state index contributed by atoms with van der Waals surface area (Å²) < 4.78 is 50.2. The highest BCUT2D eigenvalue weighted by Crippen LogP contribution is 2.16. The minimum absolute atomic E-state index is 0.224. The summed E-state index contributed by atoms with van der Waals surface area (Å²) in [6.07, 6.45) is -1.48. The van der Waals surface area contributed by atoms with Gasteiger partial charge in [-0.2, -0.15) is 13.2 Å². The SMILES string of the molecule is COCCNCCCc1ncc(COCC(F)(F)F)o1. The van der Waals surface area contributed by atoms with Gasteiger partial charge in [-0.1, -0.05) is 0 Å². The number of ether oxygens (including phenoxy) is 2. The summed E-state index contributed by atoms with van der Waals surface area (Å²) in [7, 11) is 1.64. The molecule has 0 radical (unpaired) electrons. The molecule has 5 nitrogen and oxygen atoms in total. The third-order valence-electron chi connectivity index (χ3n) is 2.34. The monoisotopic (exact) mass is 296 g/mol. The molecule has 0 aliphatic carbocycles. The third kappa shape index (κ3) is 8.13. The first-order valence-corrected chi connectivity index (χ1v) is 6.29. The second-order valence-electron chi connectivity index (χ2n) is 4.17. The summed E-state index contributed by atoms with van der Waals surface area (Å²) in [5, 5.41) is 3.17. The van der Waals surface area contributed by atoms with E-state index in [4.69, 9.17) is 9.15 Å². The standard InChI is InChI=1S/C12H19F3N2O3/c1-18-6-5-16-4-2-3-11-17-7-10(20-11)8-19-9-12(13,14)15/h7,16H,2-6,8-9H2,1H3. The van der Waals surface area contributed by atoms with Gasteiger partial charge in [-0.3, -0.25) is 0 Å². The Balaban J connectivity index is 2.13. The summed E-state index contributed by atoms with van der Waals surface area (Å²) in [5.74, 6) is 0.806. The molecule has 0 atom stereocenters. The average Bonchev–Trinajstić information content (AvgIpc) is 2.80. The van der Waals surface area contributed by atoms with Crippen molar-refractivity contribution < 1.29 is 27.1 Å². The van der Waals surface area contributed by atoms with Crippen molar-refractivity contribution in [3.8, 4) is 0 Å². The van der Waals surface area contributed by atoms with Crippen molar-refractivity contribution in [3.63, 3.8) is 0 Å². The van der Waals surface area contributed by atoms with Crippen molar-refractivity contribution in [3.05, 3.63) is 17.8 Å². The van der Waals surface area contributed by atoms with E-state index in [9.17, 15) is 13.2 Å². The lowest BCUT2D eigenvalue weighted by Crippen LogP contribution is -2.20. The molecule has 1 aromatic rings. The minimum Gasteiger partial charge on any atom is -0.443 e. The number of aryl methyl sites for hydroxylation is 1. The molecule has 0 saturated heterocycles. The second-order valence-corrected chi connectivity index (χ2v) is 4.17. The quantitative estimate of drug-likeness (QED) is 0.669. The molecule has 1 heterocycles. The van der Waals surface area contributed by atoms with Crippen LogP contribution in [0.4, 0.5) is 13.2 Å². The first kappa shape index (κ1) is 16.9. The van der Waals surface area contributed by atoms with Crippen LogP contribution in [0.25, 0.3) is 0 Å². The van der Waals surface area contributed by atoms with E-state index < -0.39 is 12.8 Å². The summed E-state index contributed by atoms with van der Waals surface area (Å²) >= 11 is 0. The third-order valence-corrected chi connectivity index (χ3v) is 2.34. The van der Waals surface area contributed by atoms with Crippen molar-refractivity contribution in [2.75, 3.05) is 33.4 Å². The van der Waals surface area contributed by atoms with Gasteiger partial charge < -0.3 is 19.2 Å². The molecule has 0 fully saturated rings. The number of alkyl halides is 3. The Bertz CT molecular complexity index is 369. The molecule has 0 aromatic carbocycles. The van der Waals surface area contributed by atoms with E-state index in [1.54, 1.807) is 7.11 Å². The molecule has 0 spiro atoms. The van der Waals surface area contributed by atoms with Gasteiger partial charge in [0.1, 0.15) is 19.0 Å². The number of halogens is 3. The van der Waals surface area contributed by atoms with Crippen LogP contribution in [-0.2, 0) is 22.5 Å². The number of hydrogen-bond acceptors (Lipinski definition) is 5. The second kappa shape index (κ2) is 8.93. The lowest BCUT2D eigenvalue weighted by Gasteiger charge is -2.05. The molecule has 8 heteroatoms. The van der Waals surface area contributed by atoms with Gasteiger partial charge in [0.15, 0.2) is 5.89 Å². The van der Waals surface area contributed by atoms with Gasteiger partial charge in [0.2, 0.25) is 0 Å². The zero-order valence-electron chi connectivity index (χ0n) is 11.3. The fourth-order valence-corrected chi connectivity index (χ4v) is 1.46. The van der Waals surface area contributed by atoms with E-state index in [-0.39, 0.29) is 6.61 Å². The van der Waals surface area contributed by atoms with Gasteiger partial charge >= 0.3 is 6.18 Å². The fraction of sp³-hybridized carbons (Fsp3) is 0.750. The van der Waals surface area contributed by atoms with Crippen LogP contribution in [0.1, 0.15) is 18.1 Å². The number of hydrogen-bond donors (Lipinski definition) is 1. The molecule has 0 aliphatic heterocycles. The topological polar surface area (TPSA) is 56.5 Å². The van der Waals surface area contributed by atoms with Gasteiger partial charge in [-0.05, 0) is 13.0 Å². The first-order valence-electron chi connectivity index (χ1n) is 6.29. The van der Waals surface area contributed by atoms with Crippen LogP contribution >= 0.6 is 0 Å². The molecule has 0 saturated carbocycles. The number of rotatable bonds is 10. The molecule has 0 amide bonds. The highest BCUT2D eigenvalue weighted by molar-refractivity contribution is 4.92. The van der Waals surface area contributed by atoms with Crippen LogP contribution in [0.3, 0.4) is 0 Å². The molecule has 116 valence electrons. The van der Waals surface area contributed by atoms with E-state index in [1.165, 1.54) is 6.20 Å². The Morgan fingerprint density at radius 1 is 1.35 bits per heavy atom. The van der Waals surface area contributed by atoms with Crippen LogP contribution in [0.15, 0.2) is 10.6 Å². The van der Waals surface area contributed by atoms with Crippen molar-refractivity contribution in [1.82, 2.24) is 10.3 Å². The Hall–Kier alpha value is -1.12. The maximum atomic E-state index is 11.9. The molecule has 0 aliphatic rings. The maximum Gasteiger partial charge on any atom is 0.411 e. The van der Waals surface area contributed by atoms with Gasteiger partial charge in [0.25, 0.3) is 0 Å². The normalized spacial score (nSPS) is 12.0. The van der Waals surface area contributed by atoms with E-state index in [2.05, 4.69) is 15.0 Å². The Labute approximate surface area is 115 Å². The number of oxazole rings is 1. The summed E-state index contributed by atoms with van der Waals surface area (Å²) in [6, 6.07) is 0. The highest BCUT2D eigenvalue weighted by atomic mass is 19.4. The van der Waals surface area contributed by atoms with Crippen LogP contribution in [0.2, 0.25) is 0 Å². The first-order chi connectivity index (χ1) is 9.51. The fourth-order valence-electron chi connectivity index (χ4n) is 1.46. The lowest BCUT2D eigenvalue weighted by atomic mass is 10.3. The van der Waals surface area contributed by atoms with Gasteiger partial charge in [0, 0.05) is 20.1 Å². The zero-order valence-corrected chi connectivity index (χ0v) is 11.3. The van der Waals surface area contributed by atoms with Crippen LogP contribution in [0, 0.1) is 0 Å². The highest BCUT2D eigenvalue weighted by Gasteiger charge is 2.27. The largest absolute Gasteiger partial charge is 0.443 e. The molecule has 1 rings (SSSR count). The molecule has 20 heavy (non-hydrogen) atoms. The predicted molar refractivity (Wildman–Crippen MR) is 65.3 cm³/mol. The Morgan fingerprint density at radius 2 is 2.15 bits per heavy atom. The number of nitrogens with one attached hydrogen (secondary N) is 1. The molecule has 0 unspecified atom stereocenters. The van der Waals surface area contributed by atoms with E-state index in [0.717, 1.165) is 19.5 Å². The van der Waals surface area contributed by atoms with E-state index in [1.807, 2.05) is 0 Å². The minimum atomic E-state index is -4.32.